The highest BCUT2D eigenvalue weighted by Crippen LogP contribution is 2.60. The number of hydrogen-bond donors (Lipinski definition) is 0. The first-order valence-electron chi connectivity index (χ1n) is 8.16. The fraction of sp³-hybridized carbons (Fsp3) is 0.667. The van der Waals surface area contributed by atoms with Gasteiger partial charge in [-0.3, -0.25) is 0 Å². The maximum absolute atomic E-state index is 6.37. The fourth-order valence-electron chi connectivity index (χ4n) is 4.41. The summed E-state index contributed by atoms with van der Waals surface area (Å²) in [6.45, 7) is 5.44. The van der Waals surface area contributed by atoms with Crippen LogP contribution in [0.4, 0.5) is 0 Å². The summed E-state index contributed by atoms with van der Waals surface area (Å²) in [5.74, 6) is 4.14. The highest BCUT2D eigenvalue weighted by atomic mass is 16.6. The normalized spacial score (nSPS) is 35.0. The van der Waals surface area contributed by atoms with E-state index in [4.69, 9.17) is 18.9 Å². The number of fused-ring (bicyclic) bond motifs is 4. The van der Waals surface area contributed by atoms with Crippen molar-refractivity contribution in [2.75, 3.05) is 20.8 Å². The van der Waals surface area contributed by atoms with Crippen LogP contribution in [-0.2, 0) is 4.74 Å². The van der Waals surface area contributed by atoms with Crippen molar-refractivity contribution >= 4 is 0 Å². The third-order valence-electron chi connectivity index (χ3n) is 5.70. The molecule has 4 nitrogen and oxygen atoms in total. The third kappa shape index (κ3) is 1.86. The van der Waals surface area contributed by atoms with E-state index in [2.05, 4.69) is 13.8 Å². The first-order chi connectivity index (χ1) is 10.6. The Morgan fingerprint density at radius 1 is 1.23 bits per heavy atom. The Morgan fingerprint density at radius 2 is 2.00 bits per heavy atom. The SMILES string of the molecule is COc1cc(OC)c2c(c1)O[C@@H]1[C@H]2[C@@H](C(C)C)CC[C@]12CO2. The van der Waals surface area contributed by atoms with Crippen molar-refractivity contribution < 1.29 is 18.9 Å². The largest absolute Gasteiger partial charge is 0.496 e. The predicted octanol–water partition coefficient (Wildman–Crippen LogP) is 3.38. The molecule has 1 aliphatic carbocycles. The van der Waals surface area contributed by atoms with Crippen molar-refractivity contribution in [3.8, 4) is 17.2 Å². The van der Waals surface area contributed by atoms with Gasteiger partial charge in [0.1, 0.15) is 29.0 Å². The average molecular weight is 304 g/mol. The quantitative estimate of drug-likeness (QED) is 0.803. The minimum absolute atomic E-state index is 0.0622. The van der Waals surface area contributed by atoms with E-state index >= 15 is 0 Å². The Kier molecular flexibility index (Phi) is 3.09. The summed E-state index contributed by atoms with van der Waals surface area (Å²) in [4.78, 5) is 0. The molecule has 0 unspecified atom stereocenters. The lowest BCUT2D eigenvalue weighted by atomic mass is 9.66. The number of methoxy groups -OCH3 is 2. The first-order valence-corrected chi connectivity index (χ1v) is 8.16. The molecule has 2 fully saturated rings. The third-order valence-corrected chi connectivity index (χ3v) is 5.70. The van der Waals surface area contributed by atoms with Crippen LogP contribution in [0.2, 0.25) is 0 Å². The van der Waals surface area contributed by atoms with E-state index in [1.807, 2.05) is 12.1 Å². The van der Waals surface area contributed by atoms with Crippen LogP contribution < -0.4 is 14.2 Å². The van der Waals surface area contributed by atoms with Gasteiger partial charge in [-0.05, 0) is 24.7 Å². The maximum Gasteiger partial charge on any atom is 0.137 e. The van der Waals surface area contributed by atoms with Crippen molar-refractivity contribution in [2.24, 2.45) is 11.8 Å². The second-order valence-corrected chi connectivity index (χ2v) is 7.11. The summed E-state index contributed by atoms with van der Waals surface area (Å²) in [5, 5.41) is 0. The van der Waals surface area contributed by atoms with Gasteiger partial charge >= 0.3 is 0 Å². The number of rotatable bonds is 3. The van der Waals surface area contributed by atoms with Gasteiger partial charge in [-0.25, -0.2) is 0 Å². The molecule has 4 rings (SSSR count). The van der Waals surface area contributed by atoms with Gasteiger partial charge in [-0.2, -0.15) is 0 Å². The molecule has 0 bridgehead atoms. The van der Waals surface area contributed by atoms with E-state index in [9.17, 15) is 0 Å². The van der Waals surface area contributed by atoms with Gasteiger partial charge in [-0.1, -0.05) is 13.8 Å². The van der Waals surface area contributed by atoms with Crippen molar-refractivity contribution in [3.05, 3.63) is 17.7 Å². The Balaban J connectivity index is 1.83. The van der Waals surface area contributed by atoms with Gasteiger partial charge in [0.25, 0.3) is 0 Å². The molecular weight excluding hydrogens is 280 g/mol. The van der Waals surface area contributed by atoms with Crippen LogP contribution in [-0.4, -0.2) is 32.5 Å². The molecule has 4 heteroatoms. The van der Waals surface area contributed by atoms with E-state index in [1.54, 1.807) is 14.2 Å². The number of hydrogen-bond acceptors (Lipinski definition) is 4. The van der Waals surface area contributed by atoms with Crippen LogP contribution in [0.15, 0.2) is 12.1 Å². The van der Waals surface area contributed by atoms with Crippen molar-refractivity contribution in [1.29, 1.82) is 0 Å². The molecule has 0 amide bonds. The van der Waals surface area contributed by atoms with Crippen LogP contribution >= 0.6 is 0 Å². The van der Waals surface area contributed by atoms with Crippen molar-refractivity contribution in [3.63, 3.8) is 0 Å². The van der Waals surface area contributed by atoms with Crippen molar-refractivity contribution in [1.82, 2.24) is 0 Å². The van der Waals surface area contributed by atoms with Crippen LogP contribution in [0, 0.1) is 11.8 Å². The number of ether oxygens (including phenoxy) is 4. The molecule has 3 aliphatic rings. The number of benzene rings is 1. The van der Waals surface area contributed by atoms with E-state index < -0.39 is 0 Å². The van der Waals surface area contributed by atoms with Gasteiger partial charge < -0.3 is 18.9 Å². The molecule has 1 saturated heterocycles. The van der Waals surface area contributed by atoms with Gasteiger partial charge in [-0.15, -0.1) is 0 Å². The molecule has 4 atom stereocenters. The molecule has 2 aliphatic heterocycles. The predicted molar refractivity (Wildman–Crippen MR) is 82.9 cm³/mol. The zero-order chi connectivity index (χ0) is 15.5. The molecule has 0 N–H and O–H groups in total. The second-order valence-electron chi connectivity index (χ2n) is 7.11. The monoisotopic (exact) mass is 304 g/mol. The average Bonchev–Trinajstić information content (AvgIpc) is 3.18. The van der Waals surface area contributed by atoms with E-state index in [1.165, 1.54) is 12.0 Å². The Bertz CT molecular complexity index is 591. The smallest absolute Gasteiger partial charge is 0.137 e. The van der Waals surface area contributed by atoms with Crippen molar-refractivity contribution in [2.45, 2.75) is 44.3 Å². The summed E-state index contributed by atoms with van der Waals surface area (Å²) in [6.07, 6.45) is 2.41. The molecule has 1 aromatic carbocycles. The maximum atomic E-state index is 6.37. The van der Waals surface area contributed by atoms with Gasteiger partial charge in [0.2, 0.25) is 0 Å². The molecule has 1 spiro atoms. The zero-order valence-electron chi connectivity index (χ0n) is 13.7. The molecule has 1 aromatic rings. The molecule has 0 aromatic heterocycles. The Hall–Kier alpha value is -1.42. The Morgan fingerprint density at radius 3 is 2.59 bits per heavy atom. The van der Waals surface area contributed by atoms with Crippen LogP contribution in [0.5, 0.6) is 17.2 Å². The van der Waals surface area contributed by atoms with E-state index in [0.717, 1.165) is 30.3 Å². The van der Waals surface area contributed by atoms with Gasteiger partial charge in [0.15, 0.2) is 0 Å². The van der Waals surface area contributed by atoms with Gasteiger partial charge in [0, 0.05) is 23.6 Å². The molecular formula is C18H24O4. The van der Waals surface area contributed by atoms with Crippen LogP contribution in [0.1, 0.15) is 38.2 Å². The highest BCUT2D eigenvalue weighted by Gasteiger charge is 2.63. The van der Waals surface area contributed by atoms with Crippen LogP contribution in [0.25, 0.3) is 0 Å². The minimum atomic E-state index is -0.0622. The lowest BCUT2D eigenvalue weighted by molar-refractivity contribution is 0.0267. The van der Waals surface area contributed by atoms with Crippen LogP contribution in [0.3, 0.4) is 0 Å². The highest BCUT2D eigenvalue weighted by molar-refractivity contribution is 5.56. The molecule has 120 valence electrons. The lowest BCUT2D eigenvalue weighted by Gasteiger charge is -2.39. The fourth-order valence-corrected chi connectivity index (χ4v) is 4.41. The topological polar surface area (TPSA) is 40.2 Å². The first kappa shape index (κ1) is 14.2. The summed E-state index contributed by atoms with van der Waals surface area (Å²) in [7, 11) is 3.39. The minimum Gasteiger partial charge on any atom is -0.496 e. The lowest BCUT2D eigenvalue weighted by Crippen LogP contribution is -2.45. The number of epoxide rings is 1. The second kappa shape index (κ2) is 4.79. The van der Waals surface area contributed by atoms with E-state index in [-0.39, 0.29) is 11.7 Å². The summed E-state index contributed by atoms with van der Waals surface area (Å²) in [6, 6.07) is 3.96. The standard InChI is InChI=1S/C18H24O4/c1-10(2)12-5-6-18(9-21-18)17-15(12)16-13(20-4)7-11(19-3)8-14(16)22-17/h7-8,10,12,15,17H,5-6,9H2,1-4H3/t12-,15+,17-,18+/m1/s1. The molecule has 2 heterocycles. The molecule has 0 radical (unpaired) electrons. The molecule has 22 heavy (non-hydrogen) atoms. The van der Waals surface area contributed by atoms with E-state index in [0.29, 0.717) is 17.8 Å². The summed E-state index contributed by atoms with van der Waals surface area (Å²) < 4.78 is 23.3. The van der Waals surface area contributed by atoms with Gasteiger partial charge in [0.05, 0.1) is 20.8 Å². The summed E-state index contributed by atoms with van der Waals surface area (Å²) >= 11 is 0. The summed E-state index contributed by atoms with van der Waals surface area (Å²) in [5.41, 5.74) is 1.15. The Labute approximate surface area is 131 Å². The molecule has 1 saturated carbocycles. The zero-order valence-corrected chi connectivity index (χ0v) is 13.7.